The third-order valence-corrected chi connectivity index (χ3v) is 10.4. The van der Waals surface area contributed by atoms with Gasteiger partial charge in [-0.3, -0.25) is 4.57 Å². The van der Waals surface area contributed by atoms with Crippen molar-refractivity contribution >= 4 is 18.0 Å². The molecule has 1 unspecified atom stereocenters. The van der Waals surface area contributed by atoms with Gasteiger partial charge >= 0.3 is 7.37 Å². The SMILES string of the molecule is CC(C)(c1ccc(O)cc1)c1ccc(OP(=O)(c2ccccc2)c2ccc(C(C)(C)c3ccc(O)cc3)cc2)cc1. The van der Waals surface area contributed by atoms with E-state index in [4.69, 9.17) is 4.52 Å². The summed E-state index contributed by atoms with van der Waals surface area (Å²) in [5, 5.41) is 20.6. The molecule has 0 aliphatic heterocycles. The molecule has 5 aromatic carbocycles. The average Bonchev–Trinajstić information content (AvgIpc) is 2.98. The first-order valence-corrected chi connectivity index (χ1v) is 15.3. The molecule has 0 spiro atoms. The maximum Gasteiger partial charge on any atom is 0.306 e. The number of hydrogen-bond donors (Lipinski definition) is 2. The highest BCUT2D eigenvalue weighted by molar-refractivity contribution is 7.74. The predicted octanol–water partition coefficient (Wildman–Crippen LogP) is 8.06. The molecule has 0 aliphatic rings. The van der Waals surface area contributed by atoms with Crippen LogP contribution >= 0.6 is 7.37 Å². The van der Waals surface area contributed by atoms with Crippen molar-refractivity contribution in [3.63, 3.8) is 0 Å². The van der Waals surface area contributed by atoms with Crippen LogP contribution in [0.2, 0.25) is 0 Å². The van der Waals surface area contributed by atoms with Crippen LogP contribution in [0.4, 0.5) is 0 Å². The summed E-state index contributed by atoms with van der Waals surface area (Å²) >= 11 is 0. The molecule has 0 radical (unpaired) electrons. The molecule has 0 saturated heterocycles. The fourth-order valence-electron chi connectivity index (χ4n) is 5.12. The molecule has 0 fully saturated rings. The van der Waals surface area contributed by atoms with Gasteiger partial charge < -0.3 is 14.7 Å². The van der Waals surface area contributed by atoms with Crippen LogP contribution in [0.1, 0.15) is 49.9 Å². The van der Waals surface area contributed by atoms with Gasteiger partial charge in [0, 0.05) is 10.8 Å². The van der Waals surface area contributed by atoms with E-state index in [1.807, 2.05) is 103 Å². The Labute approximate surface area is 242 Å². The normalized spacial score (nSPS) is 13.4. The van der Waals surface area contributed by atoms with Crippen LogP contribution in [-0.2, 0) is 15.4 Å². The molecule has 5 aromatic rings. The smallest absolute Gasteiger partial charge is 0.306 e. The van der Waals surface area contributed by atoms with Crippen molar-refractivity contribution in [3.8, 4) is 17.2 Å². The minimum absolute atomic E-state index is 0.234. The van der Waals surface area contributed by atoms with Crippen molar-refractivity contribution in [2.45, 2.75) is 38.5 Å². The molecule has 4 nitrogen and oxygen atoms in total. The summed E-state index contributed by atoms with van der Waals surface area (Å²) in [7, 11) is -3.48. The largest absolute Gasteiger partial charge is 0.508 e. The predicted molar refractivity (Wildman–Crippen MR) is 167 cm³/mol. The summed E-state index contributed by atoms with van der Waals surface area (Å²) in [4.78, 5) is 0. The highest BCUT2D eigenvalue weighted by atomic mass is 31.2. The van der Waals surface area contributed by atoms with Gasteiger partial charge in [0.25, 0.3) is 0 Å². The maximum absolute atomic E-state index is 14.7. The number of rotatable bonds is 8. The fraction of sp³-hybridized carbons (Fsp3) is 0.167. The van der Waals surface area contributed by atoms with E-state index in [-0.39, 0.29) is 22.3 Å². The van der Waals surface area contributed by atoms with Crippen molar-refractivity contribution < 1.29 is 19.3 Å². The van der Waals surface area contributed by atoms with Crippen LogP contribution in [0.15, 0.2) is 127 Å². The summed E-state index contributed by atoms with van der Waals surface area (Å²) in [6, 6.07) is 39.4. The minimum Gasteiger partial charge on any atom is -0.508 e. The van der Waals surface area contributed by atoms with Gasteiger partial charge in [0.05, 0.1) is 10.6 Å². The first-order chi connectivity index (χ1) is 19.5. The summed E-state index contributed by atoms with van der Waals surface area (Å²) < 4.78 is 21.1. The summed E-state index contributed by atoms with van der Waals surface area (Å²) in [5.74, 6) is 0.996. The second-order valence-electron chi connectivity index (χ2n) is 11.4. The highest BCUT2D eigenvalue weighted by Crippen LogP contribution is 2.46. The summed E-state index contributed by atoms with van der Waals surface area (Å²) in [6.07, 6.45) is 0. The first-order valence-electron chi connectivity index (χ1n) is 13.7. The number of aromatic hydroxyl groups is 2. The third kappa shape index (κ3) is 5.66. The van der Waals surface area contributed by atoms with Gasteiger partial charge in [-0.2, -0.15) is 0 Å². The van der Waals surface area contributed by atoms with E-state index in [0.717, 1.165) is 22.3 Å². The van der Waals surface area contributed by atoms with E-state index in [1.54, 1.807) is 24.3 Å². The Hall–Kier alpha value is -4.27. The number of benzene rings is 5. The molecular formula is C36H35O4P. The summed E-state index contributed by atoms with van der Waals surface area (Å²) in [5.41, 5.74) is 3.67. The zero-order chi connectivity index (χ0) is 29.3. The number of phenolic OH excluding ortho intramolecular Hbond substituents is 2. The molecule has 0 amide bonds. The zero-order valence-electron chi connectivity index (χ0n) is 23.8. The van der Waals surface area contributed by atoms with Gasteiger partial charge in [-0.15, -0.1) is 0 Å². The average molecular weight is 563 g/mol. The Balaban J connectivity index is 1.46. The van der Waals surface area contributed by atoms with Crippen LogP contribution < -0.4 is 15.1 Å². The van der Waals surface area contributed by atoms with Gasteiger partial charge in [-0.05, 0) is 82.9 Å². The van der Waals surface area contributed by atoms with Crippen molar-refractivity contribution in [2.24, 2.45) is 0 Å². The molecule has 0 bridgehead atoms. The van der Waals surface area contributed by atoms with E-state index in [1.165, 1.54) is 0 Å². The molecule has 5 rings (SSSR count). The topological polar surface area (TPSA) is 66.8 Å². The number of hydrogen-bond acceptors (Lipinski definition) is 4. The van der Waals surface area contributed by atoms with Crippen LogP contribution in [0.3, 0.4) is 0 Å². The van der Waals surface area contributed by atoms with Crippen molar-refractivity contribution in [2.75, 3.05) is 0 Å². The lowest BCUT2D eigenvalue weighted by Crippen LogP contribution is -2.23. The van der Waals surface area contributed by atoms with Gasteiger partial charge in [0.15, 0.2) is 0 Å². The summed E-state index contributed by atoms with van der Waals surface area (Å²) in [6.45, 7) is 8.52. The van der Waals surface area contributed by atoms with E-state index < -0.39 is 7.37 Å². The Morgan fingerprint density at radius 3 is 1.24 bits per heavy atom. The van der Waals surface area contributed by atoms with Crippen molar-refractivity contribution in [1.82, 2.24) is 0 Å². The van der Waals surface area contributed by atoms with Crippen molar-refractivity contribution in [3.05, 3.63) is 150 Å². The third-order valence-electron chi connectivity index (χ3n) is 8.01. The van der Waals surface area contributed by atoms with Gasteiger partial charge in [-0.1, -0.05) is 94.4 Å². The lowest BCUT2D eigenvalue weighted by Gasteiger charge is -2.28. The Morgan fingerprint density at radius 2 is 0.829 bits per heavy atom. The first kappa shape index (κ1) is 28.3. The second-order valence-corrected chi connectivity index (χ2v) is 13.7. The van der Waals surface area contributed by atoms with E-state index >= 15 is 0 Å². The second kappa shape index (κ2) is 11.0. The Bertz CT molecular complexity index is 1650. The quantitative estimate of drug-likeness (QED) is 0.188. The van der Waals surface area contributed by atoms with Gasteiger partial charge in [0.1, 0.15) is 17.2 Å². The lowest BCUT2D eigenvalue weighted by atomic mass is 9.78. The van der Waals surface area contributed by atoms with E-state index in [9.17, 15) is 14.8 Å². The standard InChI is InChI=1S/C36H35O4P/c1-35(2,26-10-18-30(37)19-11-26)28-14-22-32(23-15-28)40-41(39,33-8-6-5-7-9-33)34-24-16-29(17-25-34)36(3,4)27-12-20-31(38)21-13-27/h5-25,37-38H,1-4H3. The fourth-order valence-corrected chi connectivity index (χ4v) is 7.16. The van der Waals surface area contributed by atoms with Gasteiger partial charge in [0.2, 0.25) is 0 Å². The van der Waals surface area contributed by atoms with Crippen LogP contribution in [0, 0.1) is 0 Å². The molecule has 0 heterocycles. The molecule has 41 heavy (non-hydrogen) atoms. The van der Waals surface area contributed by atoms with E-state index in [0.29, 0.717) is 16.4 Å². The molecule has 2 N–H and O–H groups in total. The minimum atomic E-state index is -3.48. The van der Waals surface area contributed by atoms with Crippen LogP contribution in [-0.4, -0.2) is 10.2 Å². The molecule has 0 aromatic heterocycles. The molecule has 1 atom stereocenters. The molecule has 0 aliphatic carbocycles. The van der Waals surface area contributed by atoms with Gasteiger partial charge in [-0.25, -0.2) is 0 Å². The Kier molecular flexibility index (Phi) is 7.55. The number of phenols is 2. The van der Waals surface area contributed by atoms with Crippen LogP contribution in [0.25, 0.3) is 0 Å². The monoisotopic (exact) mass is 562 g/mol. The van der Waals surface area contributed by atoms with Crippen molar-refractivity contribution in [1.29, 1.82) is 0 Å². The molecule has 5 heteroatoms. The Morgan fingerprint density at radius 1 is 0.488 bits per heavy atom. The highest BCUT2D eigenvalue weighted by Gasteiger charge is 2.32. The molecular weight excluding hydrogens is 527 g/mol. The van der Waals surface area contributed by atoms with E-state index in [2.05, 4.69) is 27.7 Å². The maximum atomic E-state index is 14.7. The molecule has 0 saturated carbocycles. The van der Waals surface area contributed by atoms with Crippen LogP contribution in [0.5, 0.6) is 17.2 Å². The molecule has 208 valence electrons. The lowest BCUT2D eigenvalue weighted by molar-refractivity contribution is 0.474. The zero-order valence-corrected chi connectivity index (χ0v) is 24.7.